The van der Waals surface area contributed by atoms with E-state index < -0.39 is 15.1 Å². The average Bonchev–Trinajstić information content (AvgIpc) is 2.69. The lowest BCUT2D eigenvalue weighted by atomic mass is 9.83. The molecule has 7 heteroatoms. The number of nitrogens with zero attached hydrogens (tertiary/aromatic N) is 2. The Bertz CT molecular complexity index is 1090. The summed E-state index contributed by atoms with van der Waals surface area (Å²) in [5.74, 6) is 0.536. The Balaban J connectivity index is 1.47. The van der Waals surface area contributed by atoms with Crippen molar-refractivity contribution in [1.29, 1.82) is 0 Å². The highest BCUT2D eigenvalue weighted by Gasteiger charge is 2.36. The highest BCUT2D eigenvalue weighted by molar-refractivity contribution is 7.92. The molecule has 0 aliphatic carbocycles. The Hall–Kier alpha value is -2.41. The normalized spacial score (nSPS) is 21.1. The molecule has 6 nitrogen and oxygen atoms in total. The van der Waals surface area contributed by atoms with Crippen molar-refractivity contribution in [1.82, 2.24) is 9.47 Å². The van der Waals surface area contributed by atoms with Crippen LogP contribution in [0.3, 0.4) is 0 Å². The number of amides is 1. The molecule has 0 saturated carbocycles. The highest BCUT2D eigenvalue weighted by atomic mass is 32.2. The van der Waals surface area contributed by atoms with Gasteiger partial charge in [0.15, 0.2) is 9.84 Å². The molecule has 2 aliphatic rings. The summed E-state index contributed by atoms with van der Waals surface area (Å²) in [5.41, 5.74) is 1.87. The minimum absolute atomic E-state index is 0.0356. The van der Waals surface area contributed by atoms with Crippen LogP contribution in [0.15, 0.2) is 52.2 Å². The van der Waals surface area contributed by atoms with Crippen molar-refractivity contribution in [3.8, 4) is 0 Å². The molecular weight excluding hydrogens is 388 g/mol. The number of rotatable bonds is 4. The first-order valence-electron chi connectivity index (χ1n) is 10.1. The number of piperidine rings is 1. The second kappa shape index (κ2) is 7.44. The number of hydrogen-bond donors (Lipinski definition) is 0. The minimum Gasteiger partial charge on any atom is -0.341 e. The second-order valence-electron chi connectivity index (χ2n) is 8.41. The number of hydrogen-bond acceptors (Lipinski definition) is 4. The Morgan fingerprint density at radius 3 is 2.48 bits per heavy atom. The number of pyridine rings is 1. The van der Waals surface area contributed by atoms with Crippen molar-refractivity contribution in [2.24, 2.45) is 5.92 Å². The molecule has 1 saturated heterocycles. The van der Waals surface area contributed by atoms with E-state index in [1.54, 1.807) is 50.2 Å². The zero-order chi connectivity index (χ0) is 20.8. The van der Waals surface area contributed by atoms with Gasteiger partial charge in [-0.05, 0) is 49.9 Å². The van der Waals surface area contributed by atoms with E-state index in [0.29, 0.717) is 30.4 Å². The zero-order valence-electron chi connectivity index (χ0n) is 16.7. The molecule has 0 radical (unpaired) electrons. The summed E-state index contributed by atoms with van der Waals surface area (Å²) < 4.78 is 26.4. The van der Waals surface area contributed by atoms with Gasteiger partial charge in [-0.2, -0.15) is 0 Å². The standard InChI is InChI=1S/C22H26N2O4S/c1-15(2)29(27,28)19-8-6-16(7-9-19)11-22(26)23-12-17-10-18(14-23)20-4-3-5-21(25)24(20)13-17/h3-9,15,17-18H,10-14H2,1-2H3. The molecule has 4 rings (SSSR count). The third-order valence-corrected chi connectivity index (χ3v) is 8.23. The fraction of sp³-hybridized carbons (Fsp3) is 0.455. The number of sulfone groups is 1. The molecule has 1 aromatic carbocycles. The predicted octanol–water partition coefficient (Wildman–Crippen LogP) is 2.22. The van der Waals surface area contributed by atoms with E-state index in [4.69, 9.17) is 0 Å². The van der Waals surface area contributed by atoms with Gasteiger partial charge in [-0.25, -0.2) is 8.42 Å². The van der Waals surface area contributed by atoms with E-state index >= 15 is 0 Å². The lowest BCUT2D eigenvalue weighted by molar-refractivity contribution is -0.133. The molecule has 3 heterocycles. The van der Waals surface area contributed by atoms with Gasteiger partial charge in [0.2, 0.25) is 5.91 Å². The van der Waals surface area contributed by atoms with E-state index in [0.717, 1.165) is 17.7 Å². The van der Waals surface area contributed by atoms with Crippen LogP contribution < -0.4 is 5.56 Å². The van der Waals surface area contributed by atoms with E-state index in [1.165, 1.54) is 0 Å². The fourth-order valence-corrected chi connectivity index (χ4v) is 5.52. The van der Waals surface area contributed by atoms with Crippen molar-refractivity contribution in [2.75, 3.05) is 13.1 Å². The van der Waals surface area contributed by atoms with Crippen molar-refractivity contribution < 1.29 is 13.2 Å². The second-order valence-corrected chi connectivity index (χ2v) is 10.9. The van der Waals surface area contributed by atoms with Crippen LogP contribution in [-0.2, 0) is 27.6 Å². The molecule has 29 heavy (non-hydrogen) atoms. The Morgan fingerprint density at radius 1 is 1.07 bits per heavy atom. The molecule has 2 aromatic rings. The van der Waals surface area contributed by atoms with Crippen molar-refractivity contribution in [3.63, 3.8) is 0 Å². The molecule has 0 N–H and O–H groups in total. The van der Waals surface area contributed by atoms with E-state index in [-0.39, 0.29) is 23.8 Å². The van der Waals surface area contributed by atoms with E-state index in [2.05, 4.69) is 0 Å². The van der Waals surface area contributed by atoms with Gasteiger partial charge >= 0.3 is 0 Å². The Kier molecular flexibility index (Phi) is 5.11. The van der Waals surface area contributed by atoms with Crippen LogP contribution in [0, 0.1) is 5.92 Å². The van der Waals surface area contributed by atoms with Crippen LogP contribution in [0.25, 0.3) is 0 Å². The number of fused-ring (bicyclic) bond motifs is 4. The van der Waals surface area contributed by atoms with Crippen LogP contribution in [0.2, 0.25) is 0 Å². The van der Waals surface area contributed by atoms with Gasteiger partial charge in [0.25, 0.3) is 5.56 Å². The molecule has 2 bridgehead atoms. The summed E-state index contributed by atoms with van der Waals surface area (Å²) in [7, 11) is -3.31. The van der Waals surface area contributed by atoms with Crippen molar-refractivity contribution in [2.45, 2.75) is 49.3 Å². The van der Waals surface area contributed by atoms with Gasteiger partial charge in [0.05, 0.1) is 16.6 Å². The Morgan fingerprint density at radius 2 is 1.79 bits per heavy atom. The summed E-state index contributed by atoms with van der Waals surface area (Å²) in [6, 6.07) is 12.0. The summed E-state index contributed by atoms with van der Waals surface area (Å²) >= 11 is 0. The predicted molar refractivity (Wildman–Crippen MR) is 111 cm³/mol. The summed E-state index contributed by atoms with van der Waals surface area (Å²) in [5, 5.41) is -0.474. The van der Waals surface area contributed by atoms with Gasteiger partial charge in [0, 0.05) is 37.3 Å². The highest BCUT2D eigenvalue weighted by Crippen LogP contribution is 2.35. The number of carbonyl (C=O) groups is 1. The van der Waals surface area contributed by atoms with Crippen LogP contribution in [0.1, 0.15) is 37.4 Å². The molecule has 1 aromatic heterocycles. The topological polar surface area (TPSA) is 76.5 Å². The molecule has 2 atom stereocenters. The Labute approximate surface area is 171 Å². The van der Waals surface area contributed by atoms with Crippen LogP contribution >= 0.6 is 0 Å². The SMILES string of the molecule is CC(C)S(=O)(=O)c1ccc(CC(=O)N2CC3CC(C2)c2cccc(=O)n2C3)cc1. The molecule has 1 fully saturated rings. The molecule has 2 unspecified atom stereocenters. The number of carbonyl (C=O) groups excluding carboxylic acids is 1. The number of benzene rings is 1. The third-order valence-electron chi connectivity index (χ3n) is 6.06. The van der Waals surface area contributed by atoms with Gasteiger partial charge in [-0.1, -0.05) is 18.2 Å². The number of aromatic nitrogens is 1. The first-order chi connectivity index (χ1) is 13.8. The smallest absolute Gasteiger partial charge is 0.250 e. The lowest BCUT2D eigenvalue weighted by Crippen LogP contribution is -2.49. The third kappa shape index (κ3) is 3.75. The maximum Gasteiger partial charge on any atom is 0.250 e. The monoisotopic (exact) mass is 414 g/mol. The lowest BCUT2D eigenvalue weighted by Gasteiger charge is -2.42. The summed E-state index contributed by atoms with van der Waals surface area (Å²) in [6.07, 6.45) is 1.26. The zero-order valence-corrected chi connectivity index (χ0v) is 17.6. The molecule has 2 aliphatic heterocycles. The largest absolute Gasteiger partial charge is 0.341 e. The van der Waals surface area contributed by atoms with Gasteiger partial charge < -0.3 is 9.47 Å². The quantitative estimate of drug-likeness (QED) is 0.769. The summed E-state index contributed by atoms with van der Waals surface area (Å²) in [4.78, 5) is 27.2. The van der Waals surface area contributed by atoms with Crippen molar-refractivity contribution >= 4 is 15.7 Å². The van der Waals surface area contributed by atoms with Gasteiger partial charge in [-0.3, -0.25) is 9.59 Å². The maximum atomic E-state index is 12.9. The maximum absolute atomic E-state index is 12.9. The first kappa shape index (κ1) is 19.9. The molecule has 1 amide bonds. The minimum atomic E-state index is -3.31. The van der Waals surface area contributed by atoms with Crippen LogP contribution in [0.4, 0.5) is 0 Å². The molecular formula is C22H26N2O4S. The number of likely N-dealkylation sites (tertiary alicyclic amines) is 1. The fourth-order valence-electron chi connectivity index (χ4n) is 4.46. The van der Waals surface area contributed by atoms with E-state index in [9.17, 15) is 18.0 Å². The van der Waals surface area contributed by atoms with E-state index in [1.807, 2.05) is 15.5 Å². The van der Waals surface area contributed by atoms with Crippen molar-refractivity contribution in [3.05, 3.63) is 64.1 Å². The summed E-state index contributed by atoms with van der Waals surface area (Å²) in [6.45, 7) is 5.27. The van der Waals surface area contributed by atoms with Gasteiger partial charge in [0.1, 0.15) is 0 Å². The molecule has 0 spiro atoms. The van der Waals surface area contributed by atoms with Crippen LogP contribution in [0.5, 0.6) is 0 Å². The van der Waals surface area contributed by atoms with Gasteiger partial charge in [-0.15, -0.1) is 0 Å². The first-order valence-corrected chi connectivity index (χ1v) is 11.6. The molecule has 154 valence electrons. The van der Waals surface area contributed by atoms with Crippen LogP contribution in [-0.4, -0.2) is 42.1 Å². The average molecular weight is 415 g/mol.